The van der Waals surface area contributed by atoms with E-state index in [2.05, 4.69) is 229 Å². The summed E-state index contributed by atoms with van der Waals surface area (Å²) in [4.78, 5) is 2.42. The van der Waals surface area contributed by atoms with Gasteiger partial charge < -0.3 is 9.32 Å². The molecule has 0 unspecified atom stereocenters. The summed E-state index contributed by atoms with van der Waals surface area (Å²) in [6.07, 6.45) is 0. The third kappa shape index (κ3) is 6.04. The molecule has 0 amide bonds. The lowest BCUT2D eigenvalue weighted by Crippen LogP contribution is -2.11. The van der Waals surface area contributed by atoms with Crippen LogP contribution in [0.2, 0.25) is 0 Å². The molecule has 0 aliphatic heterocycles. The molecular formula is C60H39NO. The molecule has 0 N–H and O–H groups in total. The Bertz CT molecular complexity index is 3630. The summed E-state index contributed by atoms with van der Waals surface area (Å²) in [5, 5.41) is 9.52. The van der Waals surface area contributed by atoms with Crippen molar-refractivity contribution < 1.29 is 4.42 Å². The highest BCUT2D eigenvalue weighted by Gasteiger charge is 2.22. The molecule has 0 fully saturated rings. The molecule has 12 rings (SSSR count). The number of hydrogen-bond acceptors (Lipinski definition) is 2. The standard InChI is InChI=1S/C60H39NO/c1-4-16-40(17-5-1)43-28-29-45-37-47(32-30-44(45)36-43)61(48-33-35-58-54(39-48)52-24-13-15-27-57(52)62-58)56-26-14-12-22-49(56)46-31-34-51-50-23-10-11-25-53(50)59(41-18-6-2-7-19-41)60(55(51)38-46)42-20-8-3-9-21-42/h1-39H. The van der Waals surface area contributed by atoms with Crippen molar-refractivity contribution in [3.63, 3.8) is 0 Å². The molecule has 1 heterocycles. The highest BCUT2D eigenvalue weighted by atomic mass is 16.3. The van der Waals surface area contributed by atoms with Crippen molar-refractivity contribution in [1.29, 1.82) is 0 Å². The Labute approximate surface area is 360 Å². The van der Waals surface area contributed by atoms with Gasteiger partial charge in [-0.25, -0.2) is 0 Å². The maximum absolute atomic E-state index is 6.34. The highest BCUT2D eigenvalue weighted by molar-refractivity contribution is 6.22. The van der Waals surface area contributed by atoms with Crippen molar-refractivity contribution in [2.45, 2.75) is 0 Å². The van der Waals surface area contributed by atoms with Crippen LogP contribution in [0.3, 0.4) is 0 Å². The molecule has 290 valence electrons. The van der Waals surface area contributed by atoms with Crippen molar-refractivity contribution in [1.82, 2.24) is 0 Å². The zero-order valence-corrected chi connectivity index (χ0v) is 33.9. The van der Waals surface area contributed by atoms with Crippen molar-refractivity contribution in [3.8, 4) is 44.5 Å². The number of benzene rings is 11. The quantitative estimate of drug-likeness (QED) is 0.150. The molecule has 0 aliphatic rings. The Morgan fingerprint density at radius 3 is 1.58 bits per heavy atom. The van der Waals surface area contributed by atoms with Crippen LogP contribution in [0.25, 0.3) is 98.8 Å². The molecule has 62 heavy (non-hydrogen) atoms. The number of para-hydroxylation sites is 2. The van der Waals surface area contributed by atoms with E-state index in [0.29, 0.717) is 0 Å². The third-order valence-corrected chi connectivity index (χ3v) is 12.4. The third-order valence-electron chi connectivity index (χ3n) is 12.4. The van der Waals surface area contributed by atoms with Crippen LogP contribution in [-0.4, -0.2) is 0 Å². The molecule has 0 saturated heterocycles. The van der Waals surface area contributed by atoms with Gasteiger partial charge in [0.2, 0.25) is 0 Å². The van der Waals surface area contributed by atoms with E-state index < -0.39 is 0 Å². The largest absolute Gasteiger partial charge is 0.456 e. The molecule has 1 aromatic heterocycles. The van der Waals surface area contributed by atoms with Crippen molar-refractivity contribution in [3.05, 3.63) is 237 Å². The summed E-state index contributed by atoms with van der Waals surface area (Å²) in [5.74, 6) is 0. The zero-order chi connectivity index (χ0) is 41.0. The lowest BCUT2D eigenvalue weighted by Gasteiger charge is -2.28. The van der Waals surface area contributed by atoms with Gasteiger partial charge in [-0.05, 0) is 126 Å². The topological polar surface area (TPSA) is 16.4 Å². The minimum absolute atomic E-state index is 0.875. The second-order valence-electron chi connectivity index (χ2n) is 16.0. The average molecular weight is 790 g/mol. The molecule has 11 aromatic carbocycles. The first-order valence-electron chi connectivity index (χ1n) is 21.2. The van der Waals surface area contributed by atoms with Gasteiger partial charge in [-0.3, -0.25) is 0 Å². The van der Waals surface area contributed by atoms with E-state index in [1.807, 2.05) is 12.1 Å². The van der Waals surface area contributed by atoms with E-state index in [0.717, 1.165) is 50.1 Å². The lowest BCUT2D eigenvalue weighted by molar-refractivity contribution is 0.669. The van der Waals surface area contributed by atoms with Crippen LogP contribution in [0, 0.1) is 0 Å². The fraction of sp³-hybridized carbons (Fsp3) is 0. The van der Waals surface area contributed by atoms with Crippen LogP contribution in [0.5, 0.6) is 0 Å². The Morgan fingerprint density at radius 2 is 0.806 bits per heavy atom. The van der Waals surface area contributed by atoms with Gasteiger partial charge in [-0.15, -0.1) is 0 Å². The molecule has 12 aromatic rings. The number of anilines is 3. The molecule has 0 saturated carbocycles. The highest BCUT2D eigenvalue weighted by Crippen LogP contribution is 2.48. The van der Waals surface area contributed by atoms with Crippen LogP contribution in [0.15, 0.2) is 241 Å². The summed E-state index contributed by atoms with van der Waals surface area (Å²) in [5.41, 5.74) is 14.6. The summed E-state index contributed by atoms with van der Waals surface area (Å²) in [6.45, 7) is 0. The number of nitrogens with zero attached hydrogens (tertiary/aromatic N) is 1. The number of hydrogen-bond donors (Lipinski definition) is 0. The lowest BCUT2D eigenvalue weighted by atomic mass is 9.84. The van der Waals surface area contributed by atoms with Gasteiger partial charge in [0.1, 0.15) is 11.2 Å². The van der Waals surface area contributed by atoms with Gasteiger partial charge in [0, 0.05) is 27.7 Å². The smallest absolute Gasteiger partial charge is 0.135 e. The first-order chi connectivity index (χ1) is 30.7. The van der Waals surface area contributed by atoms with Crippen LogP contribution in [-0.2, 0) is 0 Å². The second kappa shape index (κ2) is 14.8. The number of fused-ring (bicyclic) bond motifs is 7. The summed E-state index contributed by atoms with van der Waals surface area (Å²) >= 11 is 0. The summed E-state index contributed by atoms with van der Waals surface area (Å²) in [7, 11) is 0. The maximum Gasteiger partial charge on any atom is 0.135 e. The van der Waals surface area contributed by atoms with Crippen LogP contribution < -0.4 is 4.90 Å². The second-order valence-corrected chi connectivity index (χ2v) is 16.0. The van der Waals surface area contributed by atoms with Gasteiger partial charge in [0.25, 0.3) is 0 Å². The van der Waals surface area contributed by atoms with Gasteiger partial charge in [-0.1, -0.05) is 182 Å². The van der Waals surface area contributed by atoms with Crippen LogP contribution in [0.1, 0.15) is 0 Å². The van der Waals surface area contributed by atoms with E-state index >= 15 is 0 Å². The molecular weight excluding hydrogens is 751 g/mol. The monoisotopic (exact) mass is 789 g/mol. The SMILES string of the molecule is c1ccc(-c2ccc3cc(N(c4ccc5oc6ccccc6c5c4)c4ccccc4-c4ccc5c(c4)c(-c4ccccc4)c(-c4ccccc4)c4ccccc45)ccc3c2)cc1. The Balaban J connectivity index is 1.10. The minimum Gasteiger partial charge on any atom is -0.456 e. The molecule has 2 heteroatoms. The predicted octanol–water partition coefficient (Wildman–Crippen LogP) is 17.2. The van der Waals surface area contributed by atoms with Crippen LogP contribution in [0.4, 0.5) is 17.1 Å². The van der Waals surface area contributed by atoms with Gasteiger partial charge in [0.15, 0.2) is 0 Å². The first kappa shape index (κ1) is 35.7. The predicted molar refractivity (Wildman–Crippen MR) is 263 cm³/mol. The maximum atomic E-state index is 6.34. The van der Waals surface area contributed by atoms with Crippen molar-refractivity contribution in [2.75, 3.05) is 4.90 Å². The Kier molecular flexibility index (Phi) is 8.53. The Hall–Kier alpha value is -8.20. The van der Waals surface area contributed by atoms with E-state index in [1.165, 1.54) is 65.7 Å². The van der Waals surface area contributed by atoms with Crippen molar-refractivity contribution >= 4 is 71.3 Å². The summed E-state index contributed by atoms with van der Waals surface area (Å²) < 4.78 is 6.34. The molecule has 0 radical (unpaired) electrons. The molecule has 0 aliphatic carbocycles. The first-order valence-corrected chi connectivity index (χ1v) is 21.2. The van der Waals surface area contributed by atoms with Crippen molar-refractivity contribution in [2.24, 2.45) is 0 Å². The fourth-order valence-corrected chi connectivity index (χ4v) is 9.54. The number of rotatable bonds is 7. The summed E-state index contributed by atoms with van der Waals surface area (Å²) in [6, 6.07) is 85.6. The van der Waals surface area contributed by atoms with E-state index in [1.54, 1.807) is 0 Å². The molecule has 2 nitrogen and oxygen atoms in total. The van der Waals surface area contributed by atoms with E-state index in [-0.39, 0.29) is 0 Å². The van der Waals surface area contributed by atoms with Gasteiger partial charge >= 0.3 is 0 Å². The fourth-order valence-electron chi connectivity index (χ4n) is 9.54. The van der Waals surface area contributed by atoms with E-state index in [9.17, 15) is 0 Å². The van der Waals surface area contributed by atoms with Crippen LogP contribution >= 0.6 is 0 Å². The molecule has 0 bridgehead atoms. The average Bonchev–Trinajstić information content (AvgIpc) is 3.72. The van der Waals surface area contributed by atoms with E-state index in [4.69, 9.17) is 4.42 Å². The van der Waals surface area contributed by atoms with Gasteiger partial charge in [-0.2, -0.15) is 0 Å². The molecule has 0 atom stereocenters. The number of furan rings is 1. The molecule has 0 spiro atoms. The van der Waals surface area contributed by atoms with Gasteiger partial charge in [0.05, 0.1) is 5.69 Å². The minimum atomic E-state index is 0.875. The Morgan fingerprint density at radius 1 is 0.274 bits per heavy atom. The normalized spacial score (nSPS) is 11.5. The zero-order valence-electron chi connectivity index (χ0n) is 33.9.